The third-order valence-electron chi connectivity index (χ3n) is 3.06. The van der Waals surface area contributed by atoms with E-state index in [0.29, 0.717) is 12.2 Å². The van der Waals surface area contributed by atoms with Crippen LogP contribution in [0, 0.1) is 0 Å². The summed E-state index contributed by atoms with van der Waals surface area (Å²) >= 11 is 0. The monoisotopic (exact) mass is 233 g/mol. The summed E-state index contributed by atoms with van der Waals surface area (Å²) in [5, 5.41) is 0. The minimum atomic E-state index is -0.170. The number of hydrogen-bond acceptors (Lipinski definition) is 3. The van der Waals surface area contributed by atoms with Gasteiger partial charge in [0.15, 0.2) is 5.78 Å². The van der Waals surface area contributed by atoms with Crippen molar-refractivity contribution >= 4 is 11.7 Å². The van der Waals surface area contributed by atoms with Crippen molar-refractivity contribution in [2.45, 2.75) is 13.0 Å². The number of amides is 1. The number of ketones is 1. The van der Waals surface area contributed by atoms with Crippen LogP contribution in [0.2, 0.25) is 0 Å². The average Bonchev–Trinajstić information content (AvgIpc) is 2.33. The summed E-state index contributed by atoms with van der Waals surface area (Å²) in [5.74, 6) is -0.0494. The standard InChI is InChI=1S/C13H15NO3/c1-9(15)10-5-3-4-6-11(10)12-7-17-8-13(16)14(12)2/h3-6,12H,7-8H2,1-2H3. The molecule has 4 nitrogen and oxygen atoms in total. The molecule has 0 spiro atoms. The molecule has 90 valence electrons. The molecule has 0 bridgehead atoms. The van der Waals surface area contributed by atoms with Gasteiger partial charge >= 0.3 is 0 Å². The number of carbonyl (C=O) groups excluding carboxylic acids is 2. The van der Waals surface area contributed by atoms with E-state index in [9.17, 15) is 9.59 Å². The minimum Gasteiger partial charge on any atom is -0.369 e. The summed E-state index contributed by atoms with van der Waals surface area (Å²) in [6, 6.07) is 7.18. The van der Waals surface area contributed by atoms with Crippen molar-refractivity contribution in [2.24, 2.45) is 0 Å². The van der Waals surface area contributed by atoms with Crippen LogP contribution in [0.15, 0.2) is 24.3 Å². The van der Waals surface area contributed by atoms with Crippen molar-refractivity contribution in [3.8, 4) is 0 Å². The highest BCUT2D eigenvalue weighted by Gasteiger charge is 2.28. The smallest absolute Gasteiger partial charge is 0.248 e. The molecule has 17 heavy (non-hydrogen) atoms. The molecule has 0 N–H and O–H groups in total. The first-order chi connectivity index (χ1) is 8.11. The molecule has 1 saturated heterocycles. The molecular weight excluding hydrogens is 218 g/mol. The quantitative estimate of drug-likeness (QED) is 0.726. The van der Waals surface area contributed by atoms with E-state index in [2.05, 4.69) is 0 Å². The fourth-order valence-electron chi connectivity index (χ4n) is 2.05. The number of carbonyl (C=O) groups is 2. The molecular formula is C13H15NO3. The molecule has 1 aliphatic rings. The highest BCUT2D eigenvalue weighted by atomic mass is 16.5. The summed E-state index contributed by atoms with van der Waals surface area (Å²) < 4.78 is 5.25. The molecule has 1 fully saturated rings. The Bertz CT molecular complexity index is 456. The van der Waals surface area contributed by atoms with Crippen molar-refractivity contribution in [3.05, 3.63) is 35.4 Å². The number of morpholine rings is 1. The van der Waals surface area contributed by atoms with Crippen LogP contribution in [0.5, 0.6) is 0 Å². The number of benzene rings is 1. The highest BCUT2D eigenvalue weighted by Crippen LogP contribution is 2.26. The molecule has 0 radical (unpaired) electrons. The Labute approximate surface area is 100 Å². The second-order valence-corrected chi connectivity index (χ2v) is 4.18. The zero-order valence-electron chi connectivity index (χ0n) is 9.97. The molecule has 1 aromatic carbocycles. The molecule has 1 aliphatic heterocycles. The fraction of sp³-hybridized carbons (Fsp3) is 0.385. The van der Waals surface area contributed by atoms with Gasteiger partial charge in [0.25, 0.3) is 0 Å². The predicted molar refractivity (Wildman–Crippen MR) is 62.8 cm³/mol. The van der Waals surface area contributed by atoms with Gasteiger partial charge in [-0.05, 0) is 12.5 Å². The first-order valence-corrected chi connectivity index (χ1v) is 5.54. The van der Waals surface area contributed by atoms with E-state index >= 15 is 0 Å². The van der Waals surface area contributed by atoms with E-state index in [1.165, 1.54) is 6.92 Å². The number of nitrogens with zero attached hydrogens (tertiary/aromatic N) is 1. The van der Waals surface area contributed by atoms with E-state index in [0.717, 1.165) is 5.56 Å². The normalized spacial score (nSPS) is 20.5. The Hall–Kier alpha value is -1.68. The van der Waals surface area contributed by atoms with Crippen LogP contribution in [-0.2, 0) is 9.53 Å². The minimum absolute atomic E-state index is 0.00650. The average molecular weight is 233 g/mol. The van der Waals surface area contributed by atoms with E-state index in [4.69, 9.17) is 4.74 Å². The van der Waals surface area contributed by atoms with Gasteiger partial charge in [0, 0.05) is 12.6 Å². The Balaban J connectivity index is 2.39. The van der Waals surface area contributed by atoms with Crippen LogP contribution in [-0.4, -0.2) is 36.9 Å². The lowest BCUT2D eigenvalue weighted by Gasteiger charge is -2.33. The molecule has 2 rings (SSSR count). The number of hydrogen-bond donors (Lipinski definition) is 0. The molecule has 1 amide bonds. The molecule has 0 aliphatic carbocycles. The van der Waals surface area contributed by atoms with E-state index < -0.39 is 0 Å². The Morgan fingerprint density at radius 3 is 2.82 bits per heavy atom. The first-order valence-electron chi connectivity index (χ1n) is 5.54. The Morgan fingerprint density at radius 1 is 1.41 bits per heavy atom. The zero-order chi connectivity index (χ0) is 12.4. The van der Waals surface area contributed by atoms with Crippen molar-refractivity contribution in [1.82, 2.24) is 4.90 Å². The number of ether oxygens (including phenoxy) is 1. The van der Waals surface area contributed by atoms with Crippen LogP contribution < -0.4 is 0 Å². The third-order valence-corrected chi connectivity index (χ3v) is 3.06. The van der Waals surface area contributed by atoms with Crippen LogP contribution in [0.3, 0.4) is 0 Å². The van der Waals surface area contributed by atoms with Crippen LogP contribution in [0.1, 0.15) is 28.9 Å². The maximum atomic E-state index is 11.6. The predicted octanol–water partition coefficient (Wildman–Crippen LogP) is 1.42. The Morgan fingerprint density at radius 2 is 2.12 bits per heavy atom. The second kappa shape index (κ2) is 4.67. The van der Waals surface area contributed by atoms with Crippen LogP contribution in [0.25, 0.3) is 0 Å². The van der Waals surface area contributed by atoms with Gasteiger partial charge in [0.1, 0.15) is 6.61 Å². The molecule has 0 saturated carbocycles. The molecule has 1 atom stereocenters. The second-order valence-electron chi connectivity index (χ2n) is 4.18. The van der Waals surface area contributed by atoms with Crippen molar-refractivity contribution in [1.29, 1.82) is 0 Å². The maximum absolute atomic E-state index is 11.6. The fourth-order valence-corrected chi connectivity index (χ4v) is 2.05. The summed E-state index contributed by atoms with van der Waals surface area (Å²) in [4.78, 5) is 24.8. The highest BCUT2D eigenvalue weighted by molar-refractivity contribution is 5.96. The lowest BCUT2D eigenvalue weighted by Crippen LogP contribution is -2.41. The maximum Gasteiger partial charge on any atom is 0.248 e. The van der Waals surface area contributed by atoms with E-state index in [1.807, 2.05) is 18.2 Å². The van der Waals surface area contributed by atoms with Gasteiger partial charge in [-0.3, -0.25) is 9.59 Å². The van der Waals surface area contributed by atoms with E-state index in [-0.39, 0.29) is 24.3 Å². The zero-order valence-corrected chi connectivity index (χ0v) is 9.97. The SMILES string of the molecule is CC(=O)c1ccccc1C1COCC(=O)N1C. The van der Waals surface area contributed by atoms with E-state index in [1.54, 1.807) is 18.0 Å². The van der Waals surface area contributed by atoms with Crippen LogP contribution >= 0.6 is 0 Å². The van der Waals surface area contributed by atoms with Gasteiger partial charge in [-0.2, -0.15) is 0 Å². The van der Waals surface area contributed by atoms with Gasteiger partial charge in [0.05, 0.1) is 12.6 Å². The van der Waals surface area contributed by atoms with Gasteiger partial charge in [0.2, 0.25) is 5.91 Å². The van der Waals surface area contributed by atoms with Gasteiger partial charge in [-0.25, -0.2) is 0 Å². The van der Waals surface area contributed by atoms with Gasteiger partial charge in [-0.15, -0.1) is 0 Å². The number of Topliss-reactive ketones (excluding diaryl/α,β-unsaturated/α-hetero) is 1. The molecule has 1 heterocycles. The third kappa shape index (κ3) is 2.22. The Kier molecular flexibility index (Phi) is 3.24. The summed E-state index contributed by atoms with van der Waals surface area (Å²) in [6.07, 6.45) is 0. The molecule has 1 aromatic rings. The first kappa shape index (κ1) is 11.8. The number of likely N-dealkylation sites (N-methyl/N-ethyl adjacent to an activating group) is 1. The van der Waals surface area contributed by atoms with Crippen molar-refractivity contribution in [3.63, 3.8) is 0 Å². The molecule has 4 heteroatoms. The van der Waals surface area contributed by atoms with Gasteiger partial charge in [-0.1, -0.05) is 24.3 Å². The summed E-state index contributed by atoms with van der Waals surface area (Å²) in [5.41, 5.74) is 1.51. The van der Waals surface area contributed by atoms with Crippen molar-refractivity contribution in [2.75, 3.05) is 20.3 Å². The molecule has 1 unspecified atom stereocenters. The van der Waals surface area contributed by atoms with Crippen molar-refractivity contribution < 1.29 is 14.3 Å². The summed E-state index contributed by atoms with van der Waals surface area (Å²) in [7, 11) is 1.74. The topological polar surface area (TPSA) is 46.6 Å². The largest absolute Gasteiger partial charge is 0.369 e. The van der Waals surface area contributed by atoms with Gasteiger partial charge < -0.3 is 9.64 Å². The lowest BCUT2D eigenvalue weighted by atomic mass is 9.97. The molecule has 0 aromatic heterocycles. The lowest BCUT2D eigenvalue weighted by molar-refractivity contribution is -0.146. The number of rotatable bonds is 2. The van der Waals surface area contributed by atoms with Crippen LogP contribution in [0.4, 0.5) is 0 Å². The summed E-state index contributed by atoms with van der Waals surface area (Å²) in [6.45, 7) is 2.09.